The van der Waals surface area contributed by atoms with Crippen LogP contribution in [0.2, 0.25) is 0 Å². The van der Waals surface area contributed by atoms with Crippen LogP contribution in [-0.2, 0) is 14.5 Å². The van der Waals surface area contributed by atoms with Crippen LogP contribution in [0.15, 0.2) is 0 Å². The topological polar surface area (TPSA) is 221 Å². The largest absolute Gasteiger partial charge is 0.394 e. The van der Waals surface area contributed by atoms with Crippen LogP contribution in [0.25, 0.3) is 0 Å². The summed E-state index contributed by atoms with van der Waals surface area (Å²) >= 11 is 0. The molecule has 0 spiro atoms. The first kappa shape index (κ1) is 70.6. The van der Waals surface area contributed by atoms with Crippen molar-refractivity contribution in [1.82, 2.24) is 42.5 Å². The summed E-state index contributed by atoms with van der Waals surface area (Å²) in [5, 5.41) is 56.8. The Morgan fingerprint density at radius 3 is 1.06 bits per heavy atom. The predicted molar refractivity (Wildman–Crippen MR) is 295 cm³/mol. The van der Waals surface area contributed by atoms with Crippen LogP contribution < -0.4 is 42.5 Å². The molecule has 0 aromatic rings. The monoisotopic (exact) mass is 1000 g/mol. The third-order valence-corrected chi connectivity index (χ3v) is 13.4. The van der Waals surface area contributed by atoms with Crippen molar-refractivity contribution in [2.24, 2.45) is 5.92 Å². The van der Waals surface area contributed by atoms with Gasteiger partial charge in [0.15, 0.2) is 0 Å². The summed E-state index contributed by atoms with van der Waals surface area (Å²) in [5.41, 5.74) is 0. The number of hydrogen-bond donors (Lipinski definition) is 12. The molecule has 0 saturated heterocycles. The Bertz CT molecular complexity index is 981. The highest BCUT2D eigenvalue weighted by Gasteiger charge is 2.10. The van der Waals surface area contributed by atoms with E-state index in [9.17, 15) is 9.59 Å². The average molecular weight is 1000 g/mol. The van der Waals surface area contributed by atoms with Gasteiger partial charge in [0.2, 0.25) is 11.8 Å². The maximum atomic E-state index is 12.4. The van der Waals surface area contributed by atoms with Gasteiger partial charge in [-0.2, -0.15) is 0 Å². The van der Waals surface area contributed by atoms with Gasteiger partial charge in [-0.05, 0) is 163 Å². The second-order valence-corrected chi connectivity index (χ2v) is 20.0. The minimum absolute atomic E-state index is 0.0363. The van der Waals surface area contributed by atoms with E-state index in [1.807, 2.05) is 14.1 Å². The van der Waals surface area contributed by atoms with E-state index in [1.54, 1.807) is 0 Å². The van der Waals surface area contributed by atoms with Crippen molar-refractivity contribution < 1.29 is 35.4 Å². The number of carbonyl (C=O) groups excluding carboxylic acids is 2. The Hall–Kier alpha value is -1.50. The van der Waals surface area contributed by atoms with Crippen molar-refractivity contribution in [2.45, 2.75) is 237 Å². The molecule has 12 N–H and O–H groups in total. The van der Waals surface area contributed by atoms with E-state index >= 15 is 0 Å². The number of aliphatic hydroxyl groups is 1. The molecule has 15 nitrogen and oxygen atoms in total. The third kappa shape index (κ3) is 59.1. The summed E-state index contributed by atoms with van der Waals surface area (Å²) in [6, 6.07) is 0. The molecule has 420 valence electrons. The summed E-state index contributed by atoms with van der Waals surface area (Å²) in [7, 11) is 4.03. The Kier molecular flexibility index (Phi) is 64.1. The molecule has 0 aliphatic rings. The van der Waals surface area contributed by atoms with E-state index in [1.165, 1.54) is 186 Å². The molecule has 0 saturated carbocycles. The highest BCUT2D eigenvalue weighted by Crippen LogP contribution is 2.16. The lowest BCUT2D eigenvalue weighted by Gasteiger charge is -2.19. The third-order valence-electron chi connectivity index (χ3n) is 13.4. The van der Waals surface area contributed by atoms with Crippen molar-refractivity contribution >= 4 is 11.8 Å². The molecule has 0 bridgehead atoms. The summed E-state index contributed by atoms with van der Waals surface area (Å²) in [5.74, 6) is 0.962. The van der Waals surface area contributed by atoms with E-state index < -0.39 is 6.10 Å². The summed E-state index contributed by atoms with van der Waals surface area (Å²) in [6.45, 7) is 12.4. The van der Waals surface area contributed by atoms with E-state index in [2.05, 4.69) is 47.4 Å². The summed E-state index contributed by atoms with van der Waals surface area (Å²) in [4.78, 5) is 28.4. The lowest BCUT2D eigenvalue weighted by Crippen LogP contribution is -2.32. The maximum absolute atomic E-state index is 12.4. The van der Waals surface area contributed by atoms with Crippen LogP contribution in [0, 0.1) is 5.92 Å². The molecule has 0 aliphatic heterocycles. The molecule has 0 heterocycles. The Morgan fingerprint density at radius 1 is 0.371 bits per heavy atom. The Morgan fingerprint density at radius 2 is 0.686 bits per heavy atom. The summed E-state index contributed by atoms with van der Waals surface area (Å²) in [6.07, 6.45) is 42.4. The molecular weight excluding hydrogens is 885 g/mol. The summed E-state index contributed by atoms with van der Waals surface area (Å²) < 4.78 is 0. The minimum atomic E-state index is -0.595. The van der Waals surface area contributed by atoms with Crippen LogP contribution in [0.4, 0.5) is 0 Å². The van der Waals surface area contributed by atoms with Crippen molar-refractivity contribution in [1.29, 1.82) is 0 Å². The fraction of sp³-hybridized carbons (Fsp3) is 0.964. The number of amides is 2. The average Bonchev–Trinajstić information content (AvgIpc) is 3.37. The van der Waals surface area contributed by atoms with Gasteiger partial charge in [-0.1, -0.05) is 141 Å². The number of aliphatic hydroxyl groups excluding tert-OH is 1. The molecule has 0 aromatic carbocycles. The lowest BCUT2D eigenvalue weighted by molar-refractivity contribution is -0.286. The number of nitrogens with one attached hydrogen (secondary N) is 8. The van der Waals surface area contributed by atoms with Crippen LogP contribution in [-0.4, -0.2) is 138 Å². The fourth-order valence-corrected chi connectivity index (χ4v) is 8.90. The SMILES string of the molecule is CNCCCNCCCCNCC(CCCCCCNC(=O)CCCCCCCCCCCCCCCCCCCCCCCNC(=O)CCC[C@@H](CO)OO)CNCCCCNCCCNC.OO. The standard InChI is InChI=1S/C55H116N8O5.H2O2/c1-56-39-33-45-58-41-28-30-43-60-49-52(50-61-44-31-29-42-59-46-34-40-57-2)35-24-21-23-27-48-62-54(65)37-25-20-18-16-14-12-10-8-6-4-3-5-7-9-11-13-15-17-19-22-26-47-63-55(66)38-32-36-53(51-64)68-67;1-2/h52-53,56-61,64,67H,3-51H2,1-2H3,(H,62,65)(H,63,66);1-2H/t53-;/m0./s1. The first-order valence-electron chi connectivity index (χ1n) is 29.3. The smallest absolute Gasteiger partial charge is 0.219 e. The molecule has 0 rings (SSSR count). The number of carbonyl (C=O) groups is 2. The van der Waals surface area contributed by atoms with E-state index in [0.29, 0.717) is 31.6 Å². The van der Waals surface area contributed by atoms with Crippen molar-refractivity contribution in [2.75, 3.05) is 99.2 Å². The van der Waals surface area contributed by atoms with Gasteiger partial charge in [-0.3, -0.25) is 25.4 Å². The molecule has 0 fully saturated rings. The van der Waals surface area contributed by atoms with Crippen LogP contribution in [0.5, 0.6) is 0 Å². The van der Waals surface area contributed by atoms with Crippen molar-refractivity contribution in [3.63, 3.8) is 0 Å². The molecule has 0 aliphatic carbocycles. The van der Waals surface area contributed by atoms with Gasteiger partial charge in [-0.15, -0.1) is 0 Å². The molecule has 2 amide bonds. The van der Waals surface area contributed by atoms with Gasteiger partial charge in [0.1, 0.15) is 6.10 Å². The van der Waals surface area contributed by atoms with E-state index in [0.717, 1.165) is 97.8 Å². The number of rotatable bonds is 59. The highest BCUT2D eigenvalue weighted by atomic mass is 17.1. The molecule has 0 radical (unpaired) electrons. The number of unbranched alkanes of at least 4 members (excludes halogenated alkanes) is 25. The molecule has 15 heteroatoms. The molecule has 1 atom stereocenters. The molecule has 0 aromatic heterocycles. The molecular formula is C55H118N8O7. The number of hydrogen-bond acceptors (Lipinski definition) is 13. The molecule has 70 heavy (non-hydrogen) atoms. The van der Waals surface area contributed by atoms with E-state index in [4.69, 9.17) is 20.9 Å². The lowest BCUT2D eigenvalue weighted by atomic mass is 10.00. The van der Waals surface area contributed by atoms with Gasteiger partial charge in [-0.25, -0.2) is 4.89 Å². The zero-order valence-electron chi connectivity index (χ0n) is 45.8. The van der Waals surface area contributed by atoms with Gasteiger partial charge in [0.05, 0.1) is 6.61 Å². The maximum Gasteiger partial charge on any atom is 0.219 e. The minimum Gasteiger partial charge on any atom is -0.394 e. The normalized spacial score (nSPS) is 11.8. The Labute approximate surface area is 430 Å². The van der Waals surface area contributed by atoms with Gasteiger partial charge in [0.25, 0.3) is 0 Å². The zero-order chi connectivity index (χ0) is 51.3. The van der Waals surface area contributed by atoms with Gasteiger partial charge in [0, 0.05) is 25.9 Å². The first-order chi connectivity index (χ1) is 34.6. The molecule has 0 unspecified atom stereocenters. The second-order valence-electron chi connectivity index (χ2n) is 20.0. The van der Waals surface area contributed by atoms with Gasteiger partial charge >= 0.3 is 0 Å². The van der Waals surface area contributed by atoms with Crippen LogP contribution in [0.3, 0.4) is 0 Å². The van der Waals surface area contributed by atoms with Crippen LogP contribution >= 0.6 is 0 Å². The Balaban J connectivity index is 0. The quantitative estimate of drug-likeness (QED) is 0.0155. The van der Waals surface area contributed by atoms with E-state index in [-0.39, 0.29) is 18.4 Å². The second kappa shape index (κ2) is 63.6. The van der Waals surface area contributed by atoms with Crippen molar-refractivity contribution in [3.8, 4) is 0 Å². The van der Waals surface area contributed by atoms with Crippen molar-refractivity contribution in [3.05, 3.63) is 0 Å². The van der Waals surface area contributed by atoms with Gasteiger partial charge < -0.3 is 47.6 Å². The highest BCUT2D eigenvalue weighted by molar-refractivity contribution is 5.76. The fourth-order valence-electron chi connectivity index (χ4n) is 8.90. The predicted octanol–water partition coefficient (Wildman–Crippen LogP) is 9.54. The zero-order valence-corrected chi connectivity index (χ0v) is 45.8. The first-order valence-corrected chi connectivity index (χ1v) is 29.3. The van der Waals surface area contributed by atoms with Crippen LogP contribution in [0.1, 0.15) is 231 Å².